The number of nitrogens with zero attached hydrogens (tertiary/aromatic N) is 1. The van der Waals surface area contributed by atoms with Crippen molar-refractivity contribution in [2.75, 3.05) is 11.9 Å². The third-order valence-corrected chi connectivity index (χ3v) is 6.36. The van der Waals surface area contributed by atoms with Crippen molar-refractivity contribution in [1.29, 1.82) is 0 Å². The molecule has 2 aromatic carbocycles. The summed E-state index contributed by atoms with van der Waals surface area (Å²) < 4.78 is 1.66. The predicted molar refractivity (Wildman–Crippen MR) is 128 cm³/mol. The largest absolute Gasteiger partial charge is 0.505 e. The van der Waals surface area contributed by atoms with Crippen LogP contribution in [0.2, 0.25) is 0 Å². The standard InChI is InChI=1S/C25H28N4O5/c26-23(31)17-8-6-16(7-9-17)14-29-20-12-18(28-25(33)34)10-11-19(20)22(30)21(29)24(32)27-13-15-4-2-1-3-5-15/h6-12,15,28,30H,1-5,13-14H2,(H2,26,31)(H,27,32)(H,33,34). The molecule has 0 aliphatic heterocycles. The van der Waals surface area contributed by atoms with E-state index in [-0.39, 0.29) is 23.9 Å². The number of rotatable bonds is 7. The molecule has 1 heterocycles. The van der Waals surface area contributed by atoms with E-state index in [2.05, 4.69) is 10.6 Å². The van der Waals surface area contributed by atoms with Crippen LogP contribution in [0, 0.1) is 5.92 Å². The summed E-state index contributed by atoms with van der Waals surface area (Å²) in [7, 11) is 0. The lowest BCUT2D eigenvalue weighted by Crippen LogP contribution is -2.31. The molecular formula is C25H28N4O5. The van der Waals surface area contributed by atoms with Crippen LogP contribution in [0.3, 0.4) is 0 Å². The van der Waals surface area contributed by atoms with Crippen LogP contribution in [0.1, 0.15) is 58.5 Å². The van der Waals surface area contributed by atoms with Gasteiger partial charge in [0.25, 0.3) is 5.91 Å². The van der Waals surface area contributed by atoms with Gasteiger partial charge in [0.2, 0.25) is 5.91 Å². The molecular weight excluding hydrogens is 436 g/mol. The number of carboxylic acid groups (broad SMARTS) is 1. The summed E-state index contributed by atoms with van der Waals surface area (Å²) in [5.74, 6) is -0.666. The average molecular weight is 465 g/mol. The van der Waals surface area contributed by atoms with Crippen LogP contribution in [0.25, 0.3) is 10.9 Å². The van der Waals surface area contributed by atoms with Crippen molar-refractivity contribution in [2.24, 2.45) is 11.7 Å². The van der Waals surface area contributed by atoms with E-state index in [0.29, 0.717) is 34.6 Å². The van der Waals surface area contributed by atoms with Crippen LogP contribution in [-0.4, -0.2) is 39.2 Å². The summed E-state index contributed by atoms with van der Waals surface area (Å²) in [6.45, 7) is 0.762. The van der Waals surface area contributed by atoms with E-state index in [9.17, 15) is 19.5 Å². The van der Waals surface area contributed by atoms with Crippen molar-refractivity contribution < 1.29 is 24.6 Å². The van der Waals surface area contributed by atoms with Gasteiger partial charge in [-0.15, -0.1) is 0 Å². The number of benzene rings is 2. The molecule has 0 bridgehead atoms. The van der Waals surface area contributed by atoms with Crippen LogP contribution >= 0.6 is 0 Å². The Balaban J connectivity index is 1.71. The van der Waals surface area contributed by atoms with E-state index < -0.39 is 12.0 Å². The molecule has 4 rings (SSSR count). The Kier molecular flexibility index (Phi) is 6.72. The number of carbonyl (C=O) groups is 3. The Hall–Kier alpha value is -4.01. The Morgan fingerprint density at radius 3 is 2.38 bits per heavy atom. The molecule has 1 aromatic heterocycles. The highest BCUT2D eigenvalue weighted by Crippen LogP contribution is 2.35. The molecule has 9 nitrogen and oxygen atoms in total. The number of amides is 3. The molecule has 1 aliphatic rings. The highest BCUT2D eigenvalue weighted by molar-refractivity contribution is 6.05. The topological polar surface area (TPSA) is 147 Å². The number of hydrogen-bond donors (Lipinski definition) is 5. The fourth-order valence-corrected chi connectivity index (χ4v) is 4.60. The van der Waals surface area contributed by atoms with Crippen LogP contribution in [0.5, 0.6) is 5.75 Å². The van der Waals surface area contributed by atoms with Crippen LogP contribution in [0.4, 0.5) is 10.5 Å². The van der Waals surface area contributed by atoms with Gasteiger partial charge in [-0.3, -0.25) is 14.9 Å². The molecule has 178 valence electrons. The molecule has 0 unspecified atom stereocenters. The lowest BCUT2D eigenvalue weighted by Gasteiger charge is -2.22. The summed E-state index contributed by atoms with van der Waals surface area (Å²) in [6, 6.07) is 11.4. The number of nitrogens with two attached hydrogens (primary N) is 1. The van der Waals surface area contributed by atoms with E-state index in [0.717, 1.165) is 31.2 Å². The minimum Gasteiger partial charge on any atom is -0.505 e. The third kappa shape index (κ3) is 4.98. The molecule has 1 saturated carbocycles. The molecule has 3 amide bonds. The lowest BCUT2D eigenvalue weighted by molar-refractivity contribution is 0.0931. The molecule has 1 aliphatic carbocycles. The van der Waals surface area contributed by atoms with Crippen molar-refractivity contribution in [3.05, 3.63) is 59.3 Å². The number of aromatic hydroxyl groups is 1. The van der Waals surface area contributed by atoms with Gasteiger partial charge in [0.1, 0.15) is 0 Å². The van der Waals surface area contributed by atoms with E-state index >= 15 is 0 Å². The van der Waals surface area contributed by atoms with Crippen LogP contribution < -0.4 is 16.4 Å². The quantitative estimate of drug-likeness (QED) is 0.360. The molecule has 0 atom stereocenters. The normalized spacial score (nSPS) is 14.1. The van der Waals surface area contributed by atoms with Crippen molar-refractivity contribution in [1.82, 2.24) is 9.88 Å². The van der Waals surface area contributed by atoms with Gasteiger partial charge in [-0.25, -0.2) is 4.79 Å². The minimum atomic E-state index is -1.21. The first-order valence-electron chi connectivity index (χ1n) is 11.4. The first kappa shape index (κ1) is 23.2. The maximum absolute atomic E-state index is 13.2. The predicted octanol–water partition coefficient (Wildman–Crippen LogP) is 3.89. The summed E-state index contributed by atoms with van der Waals surface area (Å²) >= 11 is 0. The van der Waals surface area contributed by atoms with Crippen LogP contribution in [0.15, 0.2) is 42.5 Å². The second-order valence-corrected chi connectivity index (χ2v) is 8.72. The zero-order valence-corrected chi connectivity index (χ0v) is 18.7. The molecule has 34 heavy (non-hydrogen) atoms. The Labute approximate surface area is 196 Å². The van der Waals surface area contributed by atoms with Gasteiger partial charge in [0.15, 0.2) is 11.4 Å². The number of carbonyl (C=O) groups excluding carboxylic acids is 2. The monoisotopic (exact) mass is 464 g/mol. The van der Waals surface area contributed by atoms with Crippen molar-refractivity contribution in [2.45, 2.75) is 38.6 Å². The maximum Gasteiger partial charge on any atom is 0.409 e. The first-order valence-corrected chi connectivity index (χ1v) is 11.4. The Bertz CT molecular complexity index is 1230. The summed E-state index contributed by atoms with van der Waals surface area (Å²) in [5, 5.41) is 25.8. The van der Waals surface area contributed by atoms with Gasteiger partial charge in [0.05, 0.1) is 5.52 Å². The summed E-state index contributed by atoms with van der Waals surface area (Å²) in [5.41, 5.74) is 7.40. The number of nitrogens with one attached hydrogen (secondary N) is 2. The molecule has 0 radical (unpaired) electrons. The van der Waals surface area contributed by atoms with Crippen molar-refractivity contribution in [3.63, 3.8) is 0 Å². The first-order chi connectivity index (χ1) is 16.3. The Morgan fingerprint density at radius 2 is 1.74 bits per heavy atom. The van der Waals surface area contributed by atoms with E-state index in [1.54, 1.807) is 41.0 Å². The van der Waals surface area contributed by atoms with Gasteiger partial charge in [-0.1, -0.05) is 31.4 Å². The molecule has 3 aromatic rings. The van der Waals surface area contributed by atoms with E-state index in [4.69, 9.17) is 10.8 Å². The zero-order valence-electron chi connectivity index (χ0n) is 18.7. The number of aromatic nitrogens is 1. The molecule has 9 heteroatoms. The van der Waals surface area contributed by atoms with Gasteiger partial charge >= 0.3 is 6.09 Å². The number of anilines is 1. The Morgan fingerprint density at radius 1 is 1.03 bits per heavy atom. The highest BCUT2D eigenvalue weighted by Gasteiger charge is 2.24. The van der Waals surface area contributed by atoms with Crippen LogP contribution in [-0.2, 0) is 6.54 Å². The highest BCUT2D eigenvalue weighted by atomic mass is 16.4. The molecule has 0 spiro atoms. The second-order valence-electron chi connectivity index (χ2n) is 8.72. The average Bonchev–Trinajstić information content (AvgIpc) is 3.09. The molecule has 0 saturated heterocycles. The third-order valence-electron chi connectivity index (χ3n) is 6.36. The number of hydrogen-bond acceptors (Lipinski definition) is 4. The number of primary amides is 1. The molecule has 6 N–H and O–H groups in total. The zero-order chi connectivity index (χ0) is 24.2. The smallest absolute Gasteiger partial charge is 0.409 e. The maximum atomic E-state index is 13.2. The van der Waals surface area contributed by atoms with Gasteiger partial charge in [0, 0.05) is 29.7 Å². The van der Waals surface area contributed by atoms with E-state index in [1.807, 2.05) is 0 Å². The summed E-state index contributed by atoms with van der Waals surface area (Å²) in [6.07, 6.45) is 4.48. The van der Waals surface area contributed by atoms with Gasteiger partial charge in [-0.2, -0.15) is 0 Å². The fourth-order valence-electron chi connectivity index (χ4n) is 4.60. The van der Waals surface area contributed by atoms with Gasteiger partial charge in [-0.05, 0) is 54.7 Å². The minimum absolute atomic E-state index is 0.109. The number of fused-ring (bicyclic) bond motifs is 1. The van der Waals surface area contributed by atoms with Gasteiger partial charge < -0.3 is 25.8 Å². The summed E-state index contributed by atoms with van der Waals surface area (Å²) in [4.78, 5) is 35.7. The van der Waals surface area contributed by atoms with E-state index in [1.165, 1.54) is 12.5 Å². The lowest BCUT2D eigenvalue weighted by atomic mass is 9.89. The van der Waals surface area contributed by atoms with Crippen molar-refractivity contribution in [3.8, 4) is 5.75 Å². The molecule has 1 fully saturated rings. The van der Waals surface area contributed by atoms with Crippen molar-refractivity contribution >= 4 is 34.5 Å². The second kappa shape index (κ2) is 9.86. The SMILES string of the molecule is NC(=O)c1ccc(Cn2c(C(=O)NCC3CCCCC3)c(O)c3ccc(NC(=O)O)cc32)cc1. The fraction of sp³-hybridized carbons (Fsp3) is 0.320.